The predicted molar refractivity (Wildman–Crippen MR) is 118 cm³/mol. The van der Waals surface area contributed by atoms with E-state index in [0.717, 1.165) is 6.20 Å². The third-order valence-corrected chi connectivity index (χ3v) is 5.63. The lowest BCUT2D eigenvalue weighted by Gasteiger charge is -2.14. The number of primary amides is 1. The van der Waals surface area contributed by atoms with E-state index >= 15 is 0 Å². The summed E-state index contributed by atoms with van der Waals surface area (Å²) >= 11 is 6.48. The zero-order valence-electron chi connectivity index (χ0n) is 16.9. The first-order chi connectivity index (χ1) is 15.8. The van der Waals surface area contributed by atoms with Crippen LogP contribution in [0.1, 0.15) is 16.2 Å². The van der Waals surface area contributed by atoms with Crippen molar-refractivity contribution in [1.82, 2.24) is 19.5 Å². The number of amides is 1. The number of halogens is 4. The monoisotopic (exact) mass is 467 g/mol. The van der Waals surface area contributed by atoms with Crippen LogP contribution < -0.4 is 5.73 Å². The molecule has 33 heavy (non-hydrogen) atoms. The van der Waals surface area contributed by atoms with E-state index in [2.05, 4.69) is 15.0 Å². The number of fused-ring (bicyclic) bond motifs is 2. The largest absolute Gasteiger partial charge is 0.366 e. The van der Waals surface area contributed by atoms with Crippen LogP contribution in [0.2, 0.25) is 5.02 Å². The number of aromatic nitrogens is 4. The zero-order chi connectivity index (χ0) is 23.4. The first kappa shape index (κ1) is 20.9. The van der Waals surface area contributed by atoms with Gasteiger partial charge in [0, 0.05) is 23.3 Å². The summed E-state index contributed by atoms with van der Waals surface area (Å²) in [5, 5.41) is 0.597. The van der Waals surface area contributed by atoms with Crippen molar-refractivity contribution in [3.05, 3.63) is 82.8 Å². The van der Waals surface area contributed by atoms with Crippen LogP contribution in [-0.2, 0) is 0 Å². The number of nitrogens with two attached hydrogens (primary N) is 1. The number of carbonyl (C=O) groups excluding carboxylic acids is 1. The molecule has 2 N–H and O–H groups in total. The van der Waals surface area contributed by atoms with E-state index in [1.165, 1.54) is 36.5 Å². The molecule has 5 rings (SSSR count). The molecule has 1 amide bonds. The fraction of sp³-hybridized carbons (Fsp3) is 0.0435. The van der Waals surface area contributed by atoms with Gasteiger partial charge in [-0.15, -0.1) is 0 Å². The van der Waals surface area contributed by atoms with E-state index in [1.54, 1.807) is 17.6 Å². The Morgan fingerprint density at radius 3 is 2.64 bits per heavy atom. The summed E-state index contributed by atoms with van der Waals surface area (Å²) in [7, 11) is 0. The highest BCUT2D eigenvalue weighted by Crippen LogP contribution is 2.36. The molecular formula is C23H13ClF3N5O. The predicted octanol–water partition coefficient (Wildman–Crippen LogP) is 5.11. The third kappa shape index (κ3) is 3.20. The van der Waals surface area contributed by atoms with Gasteiger partial charge in [0.05, 0.1) is 21.8 Å². The Balaban J connectivity index is 1.93. The highest BCUT2D eigenvalue weighted by Gasteiger charge is 2.22. The van der Waals surface area contributed by atoms with Crippen LogP contribution in [-0.4, -0.2) is 25.4 Å². The number of imidazole rings is 1. The SMILES string of the molecule is Cc1nc2c(C(N)=O)cc(-c3ccnc(F)c3F)cc2n1-c1c(Cl)cnc2c(F)cccc12. The van der Waals surface area contributed by atoms with Crippen molar-refractivity contribution in [2.45, 2.75) is 6.92 Å². The molecular weight excluding hydrogens is 455 g/mol. The number of hydrogen-bond donors (Lipinski definition) is 1. The Morgan fingerprint density at radius 1 is 1.09 bits per heavy atom. The summed E-state index contributed by atoms with van der Waals surface area (Å²) in [5.74, 6) is -3.40. The Bertz CT molecular complexity index is 1620. The van der Waals surface area contributed by atoms with Crippen LogP contribution in [0.15, 0.2) is 48.8 Å². The van der Waals surface area contributed by atoms with Gasteiger partial charge in [0.2, 0.25) is 5.95 Å². The molecule has 0 aliphatic carbocycles. The van der Waals surface area contributed by atoms with Gasteiger partial charge in [0.25, 0.3) is 5.91 Å². The van der Waals surface area contributed by atoms with E-state index in [9.17, 15) is 18.0 Å². The van der Waals surface area contributed by atoms with Crippen LogP contribution in [0, 0.1) is 24.5 Å². The second-order valence-electron chi connectivity index (χ2n) is 7.30. The number of carbonyl (C=O) groups is 1. The second-order valence-corrected chi connectivity index (χ2v) is 7.71. The molecule has 3 aromatic heterocycles. The van der Waals surface area contributed by atoms with E-state index < -0.39 is 23.5 Å². The summed E-state index contributed by atoms with van der Waals surface area (Å²) in [6.45, 7) is 1.67. The van der Waals surface area contributed by atoms with Crippen molar-refractivity contribution in [2.24, 2.45) is 5.73 Å². The van der Waals surface area contributed by atoms with E-state index in [1.807, 2.05) is 0 Å². The molecule has 6 nitrogen and oxygen atoms in total. The van der Waals surface area contributed by atoms with Crippen LogP contribution in [0.25, 0.3) is 38.8 Å². The maximum Gasteiger partial charge on any atom is 0.250 e. The van der Waals surface area contributed by atoms with Crippen LogP contribution in [0.3, 0.4) is 0 Å². The lowest BCUT2D eigenvalue weighted by molar-refractivity contribution is 0.100. The number of para-hydroxylation sites is 1. The standard InChI is InChI=1S/C23H13ClF3N5O/c1-10-31-20-14(23(28)33)7-11(12-5-6-29-22(27)18(12)26)8-17(20)32(10)21-13-3-2-4-16(25)19(13)30-9-15(21)24/h2-9H,1H3,(H2,28,33). The molecule has 0 spiro atoms. The van der Waals surface area contributed by atoms with Gasteiger partial charge in [-0.05, 0) is 36.8 Å². The molecule has 0 fully saturated rings. The van der Waals surface area contributed by atoms with Crippen LogP contribution >= 0.6 is 11.6 Å². The van der Waals surface area contributed by atoms with E-state index in [4.69, 9.17) is 17.3 Å². The van der Waals surface area contributed by atoms with Gasteiger partial charge in [-0.25, -0.2) is 18.7 Å². The molecule has 0 atom stereocenters. The Morgan fingerprint density at radius 2 is 1.88 bits per heavy atom. The number of benzene rings is 2. The number of rotatable bonds is 3. The van der Waals surface area contributed by atoms with Crippen molar-refractivity contribution < 1.29 is 18.0 Å². The summed E-state index contributed by atoms with van der Waals surface area (Å²) in [6, 6.07) is 8.59. The minimum Gasteiger partial charge on any atom is -0.366 e. The van der Waals surface area contributed by atoms with Gasteiger partial charge >= 0.3 is 0 Å². The first-order valence-electron chi connectivity index (χ1n) is 9.64. The average molecular weight is 468 g/mol. The number of pyridine rings is 2. The lowest BCUT2D eigenvalue weighted by atomic mass is 10.0. The minimum atomic E-state index is -1.28. The summed E-state index contributed by atoms with van der Waals surface area (Å²) < 4.78 is 44.3. The van der Waals surface area contributed by atoms with E-state index in [0.29, 0.717) is 22.4 Å². The molecule has 10 heteroatoms. The van der Waals surface area contributed by atoms with Crippen molar-refractivity contribution in [3.8, 4) is 16.8 Å². The summed E-state index contributed by atoms with van der Waals surface area (Å²) in [5.41, 5.74) is 6.68. The number of aryl methyl sites for hydroxylation is 1. The molecule has 2 aromatic carbocycles. The van der Waals surface area contributed by atoms with Crippen LogP contribution in [0.5, 0.6) is 0 Å². The van der Waals surface area contributed by atoms with Crippen molar-refractivity contribution >= 4 is 39.4 Å². The molecule has 0 bridgehead atoms. The molecule has 5 aromatic rings. The van der Waals surface area contributed by atoms with Crippen molar-refractivity contribution in [1.29, 1.82) is 0 Å². The lowest BCUT2D eigenvalue weighted by Crippen LogP contribution is -2.12. The molecule has 0 unspecified atom stereocenters. The normalized spacial score (nSPS) is 11.4. The molecule has 0 radical (unpaired) electrons. The van der Waals surface area contributed by atoms with Gasteiger partial charge in [-0.1, -0.05) is 23.7 Å². The van der Waals surface area contributed by atoms with Crippen molar-refractivity contribution in [2.75, 3.05) is 0 Å². The molecule has 0 aliphatic heterocycles. The van der Waals surface area contributed by atoms with Gasteiger partial charge in [-0.2, -0.15) is 4.39 Å². The summed E-state index contributed by atoms with van der Waals surface area (Å²) in [4.78, 5) is 24.1. The molecule has 0 aliphatic rings. The van der Waals surface area contributed by atoms with E-state index in [-0.39, 0.29) is 32.7 Å². The van der Waals surface area contributed by atoms with Gasteiger partial charge in [0.1, 0.15) is 22.7 Å². The maximum absolute atomic E-state index is 14.5. The number of nitrogens with zero attached hydrogens (tertiary/aromatic N) is 4. The molecule has 164 valence electrons. The smallest absolute Gasteiger partial charge is 0.250 e. The Hall–Kier alpha value is -3.98. The fourth-order valence-corrected chi connectivity index (χ4v) is 4.17. The van der Waals surface area contributed by atoms with Gasteiger partial charge in [-0.3, -0.25) is 14.3 Å². The van der Waals surface area contributed by atoms with Gasteiger partial charge in [0.15, 0.2) is 5.82 Å². The zero-order valence-corrected chi connectivity index (χ0v) is 17.7. The quantitative estimate of drug-likeness (QED) is 0.373. The second kappa shape index (κ2) is 7.56. The van der Waals surface area contributed by atoms with Crippen molar-refractivity contribution in [3.63, 3.8) is 0 Å². The number of hydrogen-bond acceptors (Lipinski definition) is 4. The Labute approximate surface area is 189 Å². The molecule has 0 saturated heterocycles. The summed E-state index contributed by atoms with van der Waals surface area (Å²) in [6.07, 6.45) is 2.42. The average Bonchev–Trinajstić information content (AvgIpc) is 3.10. The third-order valence-electron chi connectivity index (χ3n) is 5.35. The Kier molecular flexibility index (Phi) is 4.79. The highest BCUT2D eigenvalue weighted by atomic mass is 35.5. The maximum atomic E-state index is 14.5. The highest BCUT2D eigenvalue weighted by molar-refractivity contribution is 6.33. The molecule has 3 heterocycles. The first-order valence-corrected chi connectivity index (χ1v) is 10.0. The van der Waals surface area contributed by atoms with Crippen LogP contribution in [0.4, 0.5) is 13.2 Å². The topological polar surface area (TPSA) is 86.7 Å². The van der Waals surface area contributed by atoms with Gasteiger partial charge < -0.3 is 5.73 Å². The molecule has 0 saturated carbocycles. The minimum absolute atomic E-state index is 0.00151. The fourth-order valence-electron chi connectivity index (χ4n) is 3.94.